The second kappa shape index (κ2) is 10.4. The number of amides is 1. The van der Waals surface area contributed by atoms with Gasteiger partial charge in [0.1, 0.15) is 5.82 Å². The Morgan fingerprint density at radius 3 is 2.47 bits per heavy atom. The molecule has 1 N–H and O–H groups in total. The van der Waals surface area contributed by atoms with Crippen molar-refractivity contribution in [3.63, 3.8) is 0 Å². The molecular formula is C27H24ClFN4O. The average Bonchev–Trinajstić information content (AvgIpc) is 2.83. The Bertz CT molecular complexity index is 1300. The predicted molar refractivity (Wildman–Crippen MR) is 134 cm³/mol. The Balaban J connectivity index is 1.76. The number of anilines is 2. The molecule has 0 fully saturated rings. The number of carbonyl (C=O) groups excluding carboxylic acids is 1. The van der Waals surface area contributed by atoms with E-state index in [-0.39, 0.29) is 34.7 Å². The van der Waals surface area contributed by atoms with Crippen LogP contribution in [0.1, 0.15) is 29.8 Å². The van der Waals surface area contributed by atoms with Crippen LogP contribution in [0.3, 0.4) is 0 Å². The van der Waals surface area contributed by atoms with Crippen LogP contribution < -0.4 is 5.32 Å². The molecule has 5 nitrogen and oxygen atoms in total. The lowest BCUT2D eigenvalue weighted by molar-refractivity contribution is 0.0690. The minimum Gasteiger partial charge on any atom is -0.332 e. The van der Waals surface area contributed by atoms with Crippen LogP contribution in [0.4, 0.5) is 16.0 Å². The zero-order valence-electron chi connectivity index (χ0n) is 18.9. The molecule has 34 heavy (non-hydrogen) atoms. The third-order valence-electron chi connectivity index (χ3n) is 5.31. The molecule has 0 aliphatic rings. The van der Waals surface area contributed by atoms with E-state index in [1.165, 1.54) is 12.3 Å². The molecule has 0 bridgehead atoms. The van der Waals surface area contributed by atoms with Crippen molar-refractivity contribution in [3.8, 4) is 11.3 Å². The van der Waals surface area contributed by atoms with Crippen LogP contribution in [-0.4, -0.2) is 26.8 Å². The number of aromatic nitrogens is 2. The van der Waals surface area contributed by atoms with Crippen LogP contribution in [0.5, 0.6) is 0 Å². The zero-order chi connectivity index (χ0) is 24.1. The molecule has 0 aliphatic carbocycles. The predicted octanol–water partition coefficient (Wildman–Crippen LogP) is 6.73. The number of halogens is 2. The second-order valence-corrected chi connectivity index (χ2v) is 8.52. The summed E-state index contributed by atoms with van der Waals surface area (Å²) >= 11 is 6.08. The van der Waals surface area contributed by atoms with E-state index in [0.717, 1.165) is 5.56 Å². The highest BCUT2D eigenvalue weighted by Gasteiger charge is 2.25. The van der Waals surface area contributed by atoms with E-state index < -0.39 is 5.82 Å². The summed E-state index contributed by atoms with van der Waals surface area (Å²) in [4.78, 5) is 24.3. The fourth-order valence-corrected chi connectivity index (χ4v) is 3.77. The molecule has 0 aliphatic heterocycles. The maximum absolute atomic E-state index is 14.8. The molecule has 4 rings (SSSR count). The number of rotatable bonds is 7. The van der Waals surface area contributed by atoms with Gasteiger partial charge >= 0.3 is 0 Å². The van der Waals surface area contributed by atoms with Gasteiger partial charge in [-0.25, -0.2) is 14.4 Å². The van der Waals surface area contributed by atoms with Gasteiger partial charge in [-0.3, -0.25) is 4.79 Å². The number of hydrogen-bond acceptors (Lipinski definition) is 4. The van der Waals surface area contributed by atoms with E-state index in [1.54, 1.807) is 41.3 Å². The molecule has 3 aromatic carbocycles. The molecule has 0 radical (unpaired) electrons. The van der Waals surface area contributed by atoms with Crippen LogP contribution in [0.25, 0.3) is 11.3 Å². The van der Waals surface area contributed by atoms with Crippen LogP contribution in [0.2, 0.25) is 5.02 Å². The molecule has 172 valence electrons. The maximum atomic E-state index is 14.8. The molecule has 0 unspecified atom stereocenters. The van der Waals surface area contributed by atoms with Crippen molar-refractivity contribution in [1.82, 2.24) is 14.9 Å². The fraction of sp³-hybridized carbons (Fsp3) is 0.148. The van der Waals surface area contributed by atoms with E-state index in [1.807, 2.05) is 50.2 Å². The van der Waals surface area contributed by atoms with Gasteiger partial charge in [-0.15, -0.1) is 0 Å². The van der Waals surface area contributed by atoms with Crippen molar-refractivity contribution in [1.29, 1.82) is 0 Å². The minimum absolute atomic E-state index is 0.0922. The smallest absolute Gasteiger partial charge is 0.258 e. The summed E-state index contributed by atoms with van der Waals surface area (Å²) in [5.74, 6) is -0.509. The van der Waals surface area contributed by atoms with Gasteiger partial charge in [-0.1, -0.05) is 60.1 Å². The summed E-state index contributed by atoms with van der Waals surface area (Å²) in [7, 11) is 0. The lowest BCUT2D eigenvalue weighted by Gasteiger charge is -2.27. The first-order chi connectivity index (χ1) is 16.4. The van der Waals surface area contributed by atoms with E-state index in [0.29, 0.717) is 17.3 Å². The number of benzene rings is 3. The molecule has 1 heterocycles. The van der Waals surface area contributed by atoms with Gasteiger partial charge in [-0.05, 0) is 49.7 Å². The van der Waals surface area contributed by atoms with E-state index in [4.69, 9.17) is 11.6 Å². The summed E-state index contributed by atoms with van der Waals surface area (Å²) in [6, 6.07) is 23.0. The van der Waals surface area contributed by atoms with E-state index in [2.05, 4.69) is 15.3 Å². The second-order valence-electron chi connectivity index (χ2n) is 8.08. The van der Waals surface area contributed by atoms with Crippen LogP contribution in [0.15, 0.2) is 85.1 Å². The highest BCUT2D eigenvalue weighted by Crippen LogP contribution is 2.28. The molecule has 1 aromatic heterocycles. The quantitative estimate of drug-likeness (QED) is 0.322. The Hall–Kier alpha value is -3.77. The molecule has 0 saturated carbocycles. The highest BCUT2D eigenvalue weighted by molar-refractivity contribution is 6.30. The van der Waals surface area contributed by atoms with Gasteiger partial charge in [0.15, 0.2) is 0 Å². The first-order valence-electron chi connectivity index (χ1n) is 10.9. The number of nitrogens with one attached hydrogen (secondary N) is 1. The molecule has 7 heteroatoms. The highest BCUT2D eigenvalue weighted by atomic mass is 35.5. The molecule has 0 spiro atoms. The van der Waals surface area contributed by atoms with Gasteiger partial charge in [0.2, 0.25) is 5.95 Å². The topological polar surface area (TPSA) is 58.1 Å². The largest absolute Gasteiger partial charge is 0.332 e. The van der Waals surface area contributed by atoms with Crippen LogP contribution in [-0.2, 0) is 6.54 Å². The minimum atomic E-state index is -0.469. The molecule has 0 saturated heterocycles. The van der Waals surface area contributed by atoms with Gasteiger partial charge < -0.3 is 10.2 Å². The standard InChI is InChI=1S/C27H24ClFN4O/c1-18(2)33(17-19-9-4-3-5-10-19)26(34)23-16-30-27(31-21-12-8-11-20(28)15-21)32-25(23)22-13-6-7-14-24(22)29/h3-16,18H,17H2,1-2H3,(H,30,31,32). The summed E-state index contributed by atoms with van der Waals surface area (Å²) in [6.07, 6.45) is 1.45. The summed E-state index contributed by atoms with van der Waals surface area (Å²) in [5.41, 5.74) is 2.36. The van der Waals surface area contributed by atoms with Gasteiger partial charge in [-0.2, -0.15) is 0 Å². The number of nitrogens with zero attached hydrogens (tertiary/aromatic N) is 3. The normalized spacial score (nSPS) is 10.9. The monoisotopic (exact) mass is 474 g/mol. The number of hydrogen-bond donors (Lipinski definition) is 1. The van der Waals surface area contributed by atoms with Crippen molar-refractivity contribution in [3.05, 3.63) is 107 Å². The van der Waals surface area contributed by atoms with E-state index >= 15 is 0 Å². The van der Waals surface area contributed by atoms with E-state index in [9.17, 15) is 9.18 Å². The molecule has 1 amide bonds. The van der Waals surface area contributed by atoms with Crippen molar-refractivity contribution >= 4 is 29.1 Å². The van der Waals surface area contributed by atoms with Crippen LogP contribution in [0, 0.1) is 5.82 Å². The molecular weight excluding hydrogens is 451 g/mol. The summed E-state index contributed by atoms with van der Waals surface area (Å²) < 4.78 is 14.8. The Morgan fingerprint density at radius 2 is 1.76 bits per heavy atom. The molecule has 4 aromatic rings. The fourth-order valence-electron chi connectivity index (χ4n) is 3.58. The Morgan fingerprint density at radius 1 is 1.03 bits per heavy atom. The lowest BCUT2D eigenvalue weighted by atomic mass is 10.0. The third kappa shape index (κ3) is 5.41. The molecule has 0 atom stereocenters. The first-order valence-corrected chi connectivity index (χ1v) is 11.3. The Labute approximate surface area is 203 Å². The number of carbonyl (C=O) groups is 1. The van der Waals surface area contributed by atoms with Crippen molar-refractivity contribution in [2.75, 3.05) is 5.32 Å². The first kappa shape index (κ1) is 23.4. The van der Waals surface area contributed by atoms with Crippen molar-refractivity contribution in [2.24, 2.45) is 0 Å². The summed E-state index contributed by atoms with van der Waals surface area (Å²) in [6.45, 7) is 4.30. The van der Waals surface area contributed by atoms with Gasteiger partial charge in [0.05, 0.1) is 11.3 Å². The van der Waals surface area contributed by atoms with Crippen LogP contribution >= 0.6 is 11.6 Å². The zero-order valence-corrected chi connectivity index (χ0v) is 19.6. The maximum Gasteiger partial charge on any atom is 0.258 e. The van der Waals surface area contributed by atoms with Crippen molar-refractivity contribution in [2.45, 2.75) is 26.4 Å². The third-order valence-corrected chi connectivity index (χ3v) is 5.54. The van der Waals surface area contributed by atoms with Gasteiger partial charge in [0, 0.05) is 35.1 Å². The SMILES string of the molecule is CC(C)N(Cc1ccccc1)C(=O)c1cnc(Nc2cccc(Cl)c2)nc1-c1ccccc1F. The average molecular weight is 475 g/mol. The van der Waals surface area contributed by atoms with Gasteiger partial charge in [0.25, 0.3) is 5.91 Å². The van der Waals surface area contributed by atoms with Crippen molar-refractivity contribution < 1.29 is 9.18 Å². The Kier molecular flexibility index (Phi) is 7.18. The lowest BCUT2D eigenvalue weighted by Crippen LogP contribution is -2.37. The summed E-state index contributed by atoms with van der Waals surface area (Å²) in [5, 5.41) is 3.63.